The Kier molecular flexibility index (Phi) is 2.79. The lowest BCUT2D eigenvalue weighted by molar-refractivity contribution is 0.174. The SMILES string of the molecule is Cc1cccc(-c2nc3n(c2-c2ccc4c(c2)OCO4)CCN3)n1. The molecular formula is C18H16N4O2. The highest BCUT2D eigenvalue weighted by atomic mass is 16.7. The molecule has 4 heterocycles. The van der Waals surface area contributed by atoms with E-state index in [-0.39, 0.29) is 6.79 Å². The van der Waals surface area contributed by atoms with Gasteiger partial charge in [0, 0.05) is 24.3 Å². The molecule has 0 spiro atoms. The topological polar surface area (TPSA) is 61.2 Å². The summed E-state index contributed by atoms with van der Waals surface area (Å²) in [5.74, 6) is 2.45. The van der Waals surface area contributed by atoms with Gasteiger partial charge in [-0.15, -0.1) is 0 Å². The highest BCUT2D eigenvalue weighted by Gasteiger charge is 2.25. The predicted octanol–water partition coefficient (Wildman–Crippen LogP) is 3.07. The summed E-state index contributed by atoms with van der Waals surface area (Å²) in [7, 11) is 0. The number of aromatic nitrogens is 3. The Labute approximate surface area is 139 Å². The van der Waals surface area contributed by atoms with Crippen molar-refractivity contribution in [2.45, 2.75) is 13.5 Å². The third kappa shape index (κ3) is 1.96. The summed E-state index contributed by atoms with van der Waals surface area (Å²) in [6, 6.07) is 12.0. The van der Waals surface area contributed by atoms with Crippen LogP contribution in [-0.4, -0.2) is 27.9 Å². The van der Waals surface area contributed by atoms with E-state index < -0.39 is 0 Å². The van der Waals surface area contributed by atoms with Gasteiger partial charge in [0.25, 0.3) is 0 Å². The summed E-state index contributed by atoms with van der Waals surface area (Å²) in [4.78, 5) is 9.44. The minimum Gasteiger partial charge on any atom is -0.454 e. The normalized spacial score (nSPS) is 14.5. The molecule has 1 aromatic carbocycles. The molecule has 0 atom stereocenters. The number of anilines is 1. The monoisotopic (exact) mass is 320 g/mol. The molecule has 0 saturated carbocycles. The van der Waals surface area contributed by atoms with Gasteiger partial charge in [-0.2, -0.15) is 0 Å². The Balaban J connectivity index is 1.72. The highest BCUT2D eigenvalue weighted by Crippen LogP contribution is 2.40. The molecule has 0 radical (unpaired) electrons. The predicted molar refractivity (Wildman–Crippen MR) is 90.2 cm³/mol. The van der Waals surface area contributed by atoms with Gasteiger partial charge in [0.1, 0.15) is 5.69 Å². The smallest absolute Gasteiger partial charge is 0.231 e. The van der Waals surface area contributed by atoms with E-state index in [1.807, 2.05) is 37.3 Å². The summed E-state index contributed by atoms with van der Waals surface area (Å²) in [5.41, 5.74) is 4.86. The molecule has 120 valence electrons. The molecular weight excluding hydrogens is 304 g/mol. The second kappa shape index (κ2) is 4.99. The number of benzene rings is 1. The van der Waals surface area contributed by atoms with Crippen LogP contribution in [0.25, 0.3) is 22.6 Å². The van der Waals surface area contributed by atoms with Crippen LogP contribution in [0.5, 0.6) is 11.5 Å². The zero-order valence-corrected chi connectivity index (χ0v) is 13.2. The molecule has 2 aromatic heterocycles. The van der Waals surface area contributed by atoms with E-state index in [0.717, 1.165) is 58.9 Å². The van der Waals surface area contributed by atoms with Gasteiger partial charge in [-0.25, -0.2) is 4.98 Å². The molecule has 6 nitrogen and oxygen atoms in total. The minimum atomic E-state index is 0.275. The number of rotatable bonds is 2. The largest absolute Gasteiger partial charge is 0.454 e. The van der Waals surface area contributed by atoms with Crippen LogP contribution >= 0.6 is 0 Å². The molecule has 0 aliphatic carbocycles. The third-order valence-electron chi connectivity index (χ3n) is 4.36. The molecule has 1 N–H and O–H groups in total. The van der Waals surface area contributed by atoms with Crippen molar-refractivity contribution in [3.8, 4) is 34.1 Å². The van der Waals surface area contributed by atoms with Crippen LogP contribution in [0.2, 0.25) is 0 Å². The van der Waals surface area contributed by atoms with Gasteiger partial charge < -0.3 is 19.4 Å². The molecule has 24 heavy (non-hydrogen) atoms. The summed E-state index contributed by atoms with van der Waals surface area (Å²) >= 11 is 0. The minimum absolute atomic E-state index is 0.275. The lowest BCUT2D eigenvalue weighted by atomic mass is 10.1. The zero-order valence-electron chi connectivity index (χ0n) is 13.2. The summed E-state index contributed by atoms with van der Waals surface area (Å²) in [6.45, 7) is 4.04. The van der Waals surface area contributed by atoms with Gasteiger partial charge >= 0.3 is 0 Å². The fourth-order valence-corrected chi connectivity index (χ4v) is 3.28. The number of pyridine rings is 1. The van der Waals surface area contributed by atoms with E-state index in [1.54, 1.807) is 0 Å². The number of imidazole rings is 1. The molecule has 0 bridgehead atoms. The lowest BCUT2D eigenvalue weighted by Gasteiger charge is -2.09. The van der Waals surface area contributed by atoms with Crippen LogP contribution in [0.3, 0.4) is 0 Å². The first-order chi connectivity index (χ1) is 11.8. The molecule has 6 heteroatoms. The van der Waals surface area contributed by atoms with Gasteiger partial charge in [-0.3, -0.25) is 4.98 Å². The molecule has 0 amide bonds. The van der Waals surface area contributed by atoms with Crippen LogP contribution in [0.4, 0.5) is 5.95 Å². The fourth-order valence-electron chi connectivity index (χ4n) is 3.28. The Morgan fingerprint density at radius 2 is 2.00 bits per heavy atom. The number of nitrogens with one attached hydrogen (secondary N) is 1. The van der Waals surface area contributed by atoms with Crippen molar-refractivity contribution in [1.29, 1.82) is 0 Å². The molecule has 5 rings (SSSR count). The van der Waals surface area contributed by atoms with E-state index >= 15 is 0 Å². The molecule has 2 aliphatic rings. The van der Waals surface area contributed by atoms with E-state index in [9.17, 15) is 0 Å². The highest BCUT2D eigenvalue weighted by molar-refractivity contribution is 5.81. The van der Waals surface area contributed by atoms with Gasteiger partial charge in [-0.05, 0) is 37.3 Å². The Morgan fingerprint density at radius 1 is 1.08 bits per heavy atom. The number of nitrogens with zero attached hydrogens (tertiary/aromatic N) is 3. The van der Waals surface area contributed by atoms with Crippen molar-refractivity contribution in [2.75, 3.05) is 18.7 Å². The molecule has 3 aromatic rings. The summed E-state index contributed by atoms with van der Waals surface area (Å²) in [5, 5.41) is 3.34. The Bertz CT molecular complexity index is 948. The first-order valence-corrected chi connectivity index (χ1v) is 7.98. The van der Waals surface area contributed by atoms with E-state index in [2.05, 4.69) is 20.9 Å². The third-order valence-corrected chi connectivity index (χ3v) is 4.36. The second-order valence-electron chi connectivity index (χ2n) is 5.94. The average molecular weight is 320 g/mol. The number of hydrogen-bond donors (Lipinski definition) is 1. The first-order valence-electron chi connectivity index (χ1n) is 7.98. The maximum atomic E-state index is 5.54. The quantitative estimate of drug-likeness (QED) is 0.786. The first kappa shape index (κ1) is 13.4. The van der Waals surface area contributed by atoms with Crippen molar-refractivity contribution in [2.24, 2.45) is 0 Å². The number of fused-ring (bicyclic) bond motifs is 2. The van der Waals surface area contributed by atoms with Crippen molar-refractivity contribution < 1.29 is 9.47 Å². The molecule has 2 aliphatic heterocycles. The number of ether oxygens (including phenoxy) is 2. The van der Waals surface area contributed by atoms with E-state index in [1.165, 1.54) is 0 Å². The van der Waals surface area contributed by atoms with Gasteiger partial charge in [0.2, 0.25) is 12.7 Å². The van der Waals surface area contributed by atoms with Crippen LogP contribution in [0.1, 0.15) is 5.69 Å². The van der Waals surface area contributed by atoms with Crippen LogP contribution in [0, 0.1) is 6.92 Å². The van der Waals surface area contributed by atoms with E-state index in [0.29, 0.717) is 0 Å². The standard InChI is InChI=1S/C18H16N4O2/c1-11-3-2-4-13(20-11)16-17(22-8-7-19-18(22)21-16)12-5-6-14-15(9-12)24-10-23-14/h2-6,9H,7-8,10H2,1H3,(H,19,21). The summed E-state index contributed by atoms with van der Waals surface area (Å²) < 4.78 is 13.2. The lowest BCUT2D eigenvalue weighted by Crippen LogP contribution is -1.99. The molecule has 0 fully saturated rings. The van der Waals surface area contributed by atoms with Gasteiger partial charge in [0.15, 0.2) is 11.5 Å². The second-order valence-corrected chi connectivity index (χ2v) is 5.94. The van der Waals surface area contributed by atoms with Crippen molar-refractivity contribution in [1.82, 2.24) is 14.5 Å². The fraction of sp³-hybridized carbons (Fsp3) is 0.222. The number of hydrogen-bond acceptors (Lipinski definition) is 5. The van der Waals surface area contributed by atoms with Crippen LogP contribution in [-0.2, 0) is 6.54 Å². The summed E-state index contributed by atoms with van der Waals surface area (Å²) in [6.07, 6.45) is 0. The average Bonchev–Trinajstić information content (AvgIpc) is 3.29. The maximum absolute atomic E-state index is 5.54. The molecule has 0 saturated heterocycles. The van der Waals surface area contributed by atoms with Gasteiger partial charge in [0.05, 0.1) is 11.4 Å². The maximum Gasteiger partial charge on any atom is 0.231 e. The van der Waals surface area contributed by atoms with Crippen molar-refractivity contribution >= 4 is 5.95 Å². The Morgan fingerprint density at radius 3 is 2.92 bits per heavy atom. The van der Waals surface area contributed by atoms with Crippen LogP contribution in [0.15, 0.2) is 36.4 Å². The van der Waals surface area contributed by atoms with E-state index in [4.69, 9.17) is 14.5 Å². The van der Waals surface area contributed by atoms with Gasteiger partial charge in [-0.1, -0.05) is 6.07 Å². The van der Waals surface area contributed by atoms with Crippen molar-refractivity contribution in [3.05, 3.63) is 42.1 Å². The Hall–Kier alpha value is -3.02. The molecule has 0 unspecified atom stereocenters. The van der Waals surface area contributed by atoms with Crippen molar-refractivity contribution in [3.63, 3.8) is 0 Å². The number of aryl methyl sites for hydroxylation is 1. The zero-order chi connectivity index (χ0) is 16.1. The van der Waals surface area contributed by atoms with Crippen LogP contribution < -0.4 is 14.8 Å².